The second kappa shape index (κ2) is 7.98. The molecule has 6 nitrogen and oxygen atoms in total. The Morgan fingerprint density at radius 2 is 1.62 bits per heavy atom. The normalized spacial score (nSPS) is 10.6. The van der Waals surface area contributed by atoms with E-state index >= 15 is 0 Å². The highest BCUT2D eigenvalue weighted by Gasteiger charge is 2.13. The van der Waals surface area contributed by atoms with E-state index in [0.717, 1.165) is 16.7 Å². The molecule has 4 aromatic rings. The van der Waals surface area contributed by atoms with Crippen LogP contribution in [0.4, 0.5) is 5.69 Å². The average molecular weight is 385 g/mol. The maximum absolute atomic E-state index is 12.5. The van der Waals surface area contributed by atoms with Gasteiger partial charge in [-0.25, -0.2) is 0 Å². The zero-order valence-corrected chi connectivity index (χ0v) is 16.0. The number of anilines is 1. The minimum absolute atomic E-state index is 0.230. The highest BCUT2D eigenvalue weighted by Crippen LogP contribution is 2.26. The quantitative estimate of drug-likeness (QED) is 0.525. The summed E-state index contributed by atoms with van der Waals surface area (Å²) in [6, 6.07) is 22.1. The number of nitrogens with zero attached hydrogens (tertiary/aromatic N) is 2. The maximum atomic E-state index is 12.5. The first-order chi connectivity index (χ1) is 14.1. The highest BCUT2D eigenvalue weighted by molar-refractivity contribution is 6.05. The molecule has 3 aromatic carbocycles. The molecule has 0 bridgehead atoms. The van der Waals surface area contributed by atoms with Crippen molar-refractivity contribution >= 4 is 11.6 Å². The van der Waals surface area contributed by atoms with E-state index in [1.165, 1.54) is 0 Å². The molecule has 0 unspecified atom stereocenters. The maximum Gasteiger partial charge on any atom is 0.255 e. The topological polar surface area (TPSA) is 77.2 Å². The van der Waals surface area contributed by atoms with Gasteiger partial charge in [-0.1, -0.05) is 29.8 Å². The third kappa shape index (κ3) is 4.01. The molecule has 0 saturated carbocycles. The predicted molar refractivity (Wildman–Crippen MR) is 111 cm³/mol. The van der Waals surface area contributed by atoms with E-state index in [4.69, 9.17) is 9.15 Å². The lowest BCUT2D eigenvalue weighted by Gasteiger charge is -2.09. The third-order valence-electron chi connectivity index (χ3n) is 4.44. The van der Waals surface area contributed by atoms with Gasteiger partial charge in [-0.3, -0.25) is 4.79 Å². The first-order valence-electron chi connectivity index (χ1n) is 9.09. The molecule has 1 amide bonds. The Hall–Kier alpha value is -3.93. The van der Waals surface area contributed by atoms with Crippen LogP contribution in [0.1, 0.15) is 15.9 Å². The smallest absolute Gasteiger partial charge is 0.255 e. The van der Waals surface area contributed by atoms with E-state index in [1.54, 1.807) is 43.5 Å². The molecule has 0 aliphatic rings. The molecule has 0 aliphatic carbocycles. The van der Waals surface area contributed by atoms with Gasteiger partial charge in [0.05, 0.1) is 12.8 Å². The van der Waals surface area contributed by atoms with Crippen molar-refractivity contribution in [2.75, 3.05) is 12.4 Å². The number of carbonyl (C=O) groups is 1. The number of hydrogen-bond donors (Lipinski definition) is 1. The van der Waals surface area contributed by atoms with Crippen molar-refractivity contribution in [2.24, 2.45) is 0 Å². The lowest BCUT2D eigenvalue weighted by Crippen LogP contribution is -2.12. The van der Waals surface area contributed by atoms with Gasteiger partial charge in [0.1, 0.15) is 5.75 Å². The summed E-state index contributed by atoms with van der Waals surface area (Å²) in [7, 11) is 1.56. The Balaban J connectivity index is 1.51. The van der Waals surface area contributed by atoms with Gasteiger partial charge < -0.3 is 14.5 Å². The van der Waals surface area contributed by atoms with Gasteiger partial charge in [0.15, 0.2) is 0 Å². The molecule has 0 spiro atoms. The number of amides is 1. The zero-order valence-electron chi connectivity index (χ0n) is 16.0. The summed E-state index contributed by atoms with van der Waals surface area (Å²) in [4.78, 5) is 12.5. The molecule has 0 fully saturated rings. The van der Waals surface area contributed by atoms with Crippen LogP contribution >= 0.6 is 0 Å². The van der Waals surface area contributed by atoms with Crippen molar-refractivity contribution in [1.29, 1.82) is 0 Å². The summed E-state index contributed by atoms with van der Waals surface area (Å²) in [6.45, 7) is 2.01. The van der Waals surface area contributed by atoms with E-state index in [-0.39, 0.29) is 5.91 Å². The zero-order chi connectivity index (χ0) is 20.2. The van der Waals surface area contributed by atoms with Crippen LogP contribution in [-0.2, 0) is 0 Å². The molecule has 1 aromatic heterocycles. The fourth-order valence-corrected chi connectivity index (χ4v) is 2.94. The van der Waals surface area contributed by atoms with Gasteiger partial charge in [-0.05, 0) is 55.5 Å². The number of benzene rings is 3. The van der Waals surface area contributed by atoms with Crippen molar-refractivity contribution in [3.05, 3.63) is 83.9 Å². The van der Waals surface area contributed by atoms with Gasteiger partial charge in [0, 0.05) is 16.7 Å². The number of carbonyl (C=O) groups excluding carboxylic acids is 1. The van der Waals surface area contributed by atoms with Gasteiger partial charge in [-0.2, -0.15) is 0 Å². The first-order valence-corrected chi connectivity index (χ1v) is 9.09. The number of nitrogens with one attached hydrogen (secondary N) is 1. The molecule has 1 heterocycles. The van der Waals surface area contributed by atoms with E-state index in [9.17, 15) is 4.79 Å². The monoisotopic (exact) mass is 385 g/mol. The van der Waals surface area contributed by atoms with Gasteiger partial charge >= 0.3 is 0 Å². The molecule has 4 rings (SSSR count). The van der Waals surface area contributed by atoms with Gasteiger partial charge in [-0.15, -0.1) is 10.2 Å². The lowest BCUT2D eigenvalue weighted by atomic mass is 10.1. The van der Waals surface area contributed by atoms with E-state index < -0.39 is 0 Å². The van der Waals surface area contributed by atoms with Crippen LogP contribution in [0.25, 0.3) is 22.9 Å². The van der Waals surface area contributed by atoms with Crippen molar-refractivity contribution in [3.63, 3.8) is 0 Å². The Morgan fingerprint density at radius 1 is 0.897 bits per heavy atom. The van der Waals surface area contributed by atoms with Gasteiger partial charge in [0.25, 0.3) is 5.91 Å². The Labute approximate surface area is 168 Å². The SMILES string of the molecule is COc1ccccc1NC(=O)c1ccc(-c2nnc(-c3cccc(C)c3)o2)cc1. The molecule has 1 N–H and O–H groups in total. The molecule has 0 atom stereocenters. The molecule has 6 heteroatoms. The van der Waals surface area contributed by atoms with Crippen LogP contribution in [0.5, 0.6) is 5.75 Å². The van der Waals surface area contributed by atoms with E-state index in [1.807, 2.05) is 43.3 Å². The summed E-state index contributed by atoms with van der Waals surface area (Å²) in [5.41, 5.74) is 3.86. The molecule has 0 aliphatic heterocycles. The van der Waals surface area contributed by atoms with Crippen LogP contribution in [0.15, 0.2) is 77.2 Å². The predicted octanol–water partition coefficient (Wildman–Crippen LogP) is 4.97. The van der Waals surface area contributed by atoms with Crippen molar-refractivity contribution in [2.45, 2.75) is 6.92 Å². The Morgan fingerprint density at radius 3 is 2.34 bits per heavy atom. The van der Waals surface area contributed by atoms with Crippen LogP contribution in [0.3, 0.4) is 0 Å². The summed E-state index contributed by atoms with van der Waals surface area (Å²) in [5, 5.41) is 11.1. The minimum Gasteiger partial charge on any atom is -0.495 e. The molecule has 0 radical (unpaired) electrons. The lowest BCUT2D eigenvalue weighted by molar-refractivity contribution is 0.102. The summed E-state index contributed by atoms with van der Waals surface area (Å²) < 4.78 is 11.1. The average Bonchev–Trinajstić information content (AvgIpc) is 3.24. The Kier molecular flexibility index (Phi) is 5.07. The number of aryl methyl sites for hydroxylation is 1. The largest absolute Gasteiger partial charge is 0.495 e. The van der Waals surface area contributed by atoms with Gasteiger partial charge in [0.2, 0.25) is 11.8 Å². The molecular formula is C23H19N3O3. The second-order valence-corrected chi connectivity index (χ2v) is 6.51. The fraction of sp³-hybridized carbons (Fsp3) is 0.0870. The van der Waals surface area contributed by atoms with E-state index in [0.29, 0.717) is 28.8 Å². The number of ether oxygens (including phenoxy) is 1. The van der Waals surface area contributed by atoms with Crippen LogP contribution < -0.4 is 10.1 Å². The van der Waals surface area contributed by atoms with Crippen LogP contribution in [-0.4, -0.2) is 23.2 Å². The fourth-order valence-electron chi connectivity index (χ4n) is 2.94. The van der Waals surface area contributed by atoms with Crippen molar-refractivity contribution < 1.29 is 13.9 Å². The summed E-state index contributed by atoms with van der Waals surface area (Å²) in [6.07, 6.45) is 0. The highest BCUT2D eigenvalue weighted by atomic mass is 16.5. The molecule has 144 valence electrons. The van der Waals surface area contributed by atoms with Crippen molar-refractivity contribution in [1.82, 2.24) is 10.2 Å². The molecular weight excluding hydrogens is 366 g/mol. The van der Waals surface area contributed by atoms with E-state index in [2.05, 4.69) is 15.5 Å². The van der Waals surface area contributed by atoms with Crippen LogP contribution in [0, 0.1) is 6.92 Å². The third-order valence-corrected chi connectivity index (χ3v) is 4.44. The number of para-hydroxylation sites is 2. The number of methoxy groups -OCH3 is 1. The number of hydrogen-bond acceptors (Lipinski definition) is 5. The Bertz CT molecular complexity index is 1150. The summed E-state index contributed by atoms with van der Waals surface area (Å²) in [5.74, 6) is 1.24. The molecule has 0 saturated heterocycles. The summed E-state index contributed by atoms with van der Waals surface area (Å²) >= 11 is 0. The molecule has 29 heavy (non-hydrogen) atoms. The number of rotatable bonds is 5. The second-order valence-electron chi connectivity index (χ2n) is 6.51. The van der Waals surface area contributed by atoms with Crippen molar-refractivity contribution in [3.8, 4) is 28.7 Å². The standard InChI is InChI=1S/C23H19N3O3/c1-15-6-5-7-18(14-15)23-26-25-22(29-23)17-12-10-16(11-13-17)21(27)24-19-8-3-4-9-20(19)28-2/h3-14H,1-2H3,(H,24,27). The first kappa shape index (κ1) is 18.4. The minimum atomic E-state index is -0.230. The number of aromatic nitrogens is 2. The van der Waals surface area contributed by atoms with Crippen LogP contribution in [0.2, 0.25) is 0 Å².